The lowest BCUT2D eigenvalue weighted by atomic mass is 9.81. The highest BCUT2D eigenvalue weighted by Gasteiger charge is 2.37. The van der Waals surface area contributed by atoms with Gasteiger partial charge in [-0.15, -0.1) is 0 Å². The summed E-state index contributed by atoms with van der Waals surface area (Å²) >= 11 is 0. The molecule has 94 valence electrons. The number of hydrogen-bond donors (Lipinski definition) is 1. The second kappa shape index (κ2) is 4.49. The van der Waals surface area contributed by atoms with Gasteiger partial charge in [0, 0.05) is 20.3 Å². The van der Waals surface area contributed by atoms with Gasteiger partial charge in [-0.25, -0.2) is 0 Å². The van der Waals surface area contributed by atoms with Crippen molar-refractivity contribution < 1.29 is 4.79 Å². The van der Waals surface area contributed by atoms with Crippen molar-refractivity contribution in [3.05, 3.63) is 12.4 Å². The van der Waals surface area contributed by atoms with Gasteiger partial charge in [-0.05, 0) is 12.8 Å². The highest BCUT2D eigenvalue weighted by atomic mass is 16.2. The Morgan fingerprint density at radius 2 is 2.12 bits per heavy atom. The Balaban J connectivity index is 2.13. The summed E-state index contributed by atoms with van der Waals surface area (Å²) in [6.07, 6.45) is 8.36. The zero-order valence-corrected chi connectivity index (χ0v) is 10.5. The molecule has 0 spiro atoms. The van der Waals surface area contributed by atoms with Crippen LogP contribution >= 0.6 is 0 Å². The van der Waals surface area contributed by atoms with Crippen LogP contribution in [0.4, 0.5) is 5.69 Å². The van der Waals surface area contributed by atoms with Crippen LogP contribution in [0, 0.1) is 0 Å². The minimum atomic E-state index is -0.678. The summed E-state index contributed by atoms with van der Waals surface area (Å²) in [4.78, 5) is 14.0. The maximum atomic E-state index is 12.4. The zero-order chi connectivity index (χ0) is 12.5. The fourth-order valence-corrected chi connectivity index (χ4v) is 2.43. The summed E-state index contributed by atoms with van der Waals surface area (Å²) in [5.74, 6) is 0.00481. The lowest BCUT2D eigenvalue weighted by Crippen LogP contribution is -2.55. The number of nitrogens with two attached hydrogens (primary N) is 1. The second-order valence-corrected chi connectivity index (χ2v) is 4.95. The maximum Gasteiger partial charge on any atom is 0.246 e. The molecule has 1 aliphatic rings. The molecule has 2 N–H and O–H groups in total. The fourth-order valence-electron chi connectivity index (χ4n) is 2.43. The van der Waals surface area contributed by atoms with Crippen molar-refractivity contribution in [3.63, 3.8) is 0 Å². The van der Waals surface area contributed by atoms with Gasteiger partial charge in [0.25, 0.3) is 0 Å². The predicted octanol–water partition coefficient (Wildman–Crippen LogP) is 1.04. The van der Waals surface area contributed by atoms with E-state index in [0.29, 0.717) is 0 Å². The number of carbonyl (C=O) groups is 1. The van der Waals surface area contributed by atoms with Gasteiger partial charge in [0.15, 0.2) is 0 Å². The Hall–Kier alpha value is -1.36. The molecule has 0 aromatic carbocycles. The highest BCUT2D eigenvalue weighted by molar-refractivity contribution is 5.99. The predicted molar refractivity (Wildman–Crippen MR) is 66.6 cm³/mol. The Morgan fingerprint density at radius 1 is 1.47 bits per heavy atom. The molecule has 0 unspecified atom stereocenters. The van der Waals surface area contributed by atoms with Crippen LogP contribution in [0.25, 0.3) is 0 Å². The lowest BCUT2D eigenvalue weighted by Gasteiger charge is -2.34. The average Bonchev–Trinajstić information content (AvgIpc) is 2.75. The van der Waals surface area contributed by atoms with Crippen molar-refractivity contribution in [1.29, 1.82) is 0 Å². The number of hydrogen-bond acceptors (Lipinski definition) is 3. The molecule has 0 bridgehead atoms. The third-order valence-corrected chi connectivity index (χ3v) is 3.55. The monoisotopic (exact) mass is 236 g/mol. The highest BCUT2D eigenvalue weighted by Crippen LogP contribution is 2.28. The third-order valence-electron chi connectivity index (χ3n) is 3.55. The van der Waals surface area contributed by atoms with Crippen molar-refractivity contribution in [1.82, 2.24) is 9.78 Å². The summed E-state index contributed by atoms with van der Waals surface area (Å²) in [5.41, 5.74) is 6.35. The van der Waals surface area contributed by atoms with E-state index in [1.807, 2.05) is 13.2 Å². The molecule has 1 aromatic heterocycles. The molecule has 5 nitrogen and oxygen atoms in total. The van der Waals surface area contributed by atoms with E-state index in [1.165, 1.54) is 6.42 Å². The molecular weight excluding hydrogens is 216 g/mol. The minimum absolute atomic E-state index is 0.00481. The number of rotatable bonds is 2. The Bertz CT molecular complexity index is 406. The van der Waals surface area contributed by atoms with Crippen LogP contribution in [-0.2, 0) is 11.8 Å². The van der Waals surface area contributed by atoms with Crippen LogP contribution in [0.1, 0.15) is 32.1 Å². The Labute approximate surface area is 102 Å². The van der Waals surface area contributed by atoms with Crippen LogP contribution in [0.15, 0.2) is 12.4 Å². The van der Waals surface area contributed by atoms with E-state index in [1.54, 1.807) is 22.8 Å². The summed E-state index contributed by atoms with van der Waals surface area (Å²) in [7, 11) is 3.60. The van der Waals surface area contributed by atoms with Crippen LogP contribution in [-0.4, -0.2) is 28.3 Å². The van der Waals surface area contributed by atoms with Crippen molar-refractivity contribution in [2.24, 2.45) is 12.8 Å². The van der Waals surface area contributed by atoms with Gasteiger partial charge in [-0.2, -0.15) is 5.10 Å². The number of likely N-dealkylation sites (N-methyl/N-ethyl adjacent to an activating group) is 1. The number of aromatic nitrogens is 2. The molecule has 0 aliphatic heterocycles. The van der Waals surface area contributed by atoms with E-state index in [9.17, 15) is 4.79 Å². The first-order valence-corrected chi connectivity index (χ1v) is 6.09. The topological polar surface area (TPSA) is 64.2 Å². The van der Waals surface area contributed by atoms with Gasteiger partial charge in [0.1, 0.15) is 0 Å². The van der Waals surface area contributed by atoms with Crippen molar-refractivity contribution in [2.45, 2.75) is 37.6 Å². The van der Waals surface area contributed by atoms with E-state index in [0.717, 1.165) is 31.4 Å². The van der Waals surface area contributed by atoms with Gasteiger partial charge in [0.2, 0.25) is 5.91 Å². The lowest BCUT2D eigenvalue weighted by molar-refractivity contribution is -0.124. The molecule has 1 aliphatic carbocycles. The molecule has 5 heteroatoms. The summed E-state index contributed by atoms with van der Waals surface area (Å²) in [6.45, 7) is 0. The first-order valence-electron chi connectivity index (χ1n) is 6.09. The van der Waals surface area contributed by atoms with E-state index >= 15 is 0 Å². The van der Waals surface area contributed by atoms with Crippen molar-refractivity contribution in [3.8, 4) is 0 Å². The normalized spacial score (nSPS) is 19.0. The molecule has 0 atom stereocenters. The van der Waals surface area contributed by atoms with Crippen molar-refractivity contribution in [2.75, 3.05) is 11.9 Å². The molecule has 1 amide bonds. The van der Waals surface area contributed by atoms with Gasteiger partial charge in [0.05, 0.1) is 17.4 Å². The first kappa shape index (κ1) is 12.1. The number of nitrogens with zero attached hydrogens (tertiary/aromatic N) is 3. The molecular formula is C12H20N4O. The number of carbonyl (C=O) groups excluding carboxylic acids is 1. The quantitative estimate of drug-likeness (QED) is 0.834. The second-order valence-electron chi connectivity index (χ2n) is 4.95. The third kappa shape index (κ3) is 2.34. The summed E-state index contributed by atoms with van der Waals surface area (Å²) < 4.78 is 1.68. The van der Waals surface area contributed by atoms with Gasteiger partial charge in [-0.3, -0.25) is 9.48 Å². The fraction of sp³-hybridized carbons (Fsp3) is 0.667. The van der Waals surface area contributed by atoms with E-state index < -0.39 is 5.54 Å². The molecule has 1 heterocycles. The van der Waals surface area contributed by atoms with Gasteiger partial charge < -0.3 is 10.6 Å². The van der Waals surface area contributed by atoms with E-state index in [-0.39, 0.29) is 5.91 Å². The summed E-state index contributed by atoms with van der Waals surface area (Å²) in [6, 6.07) is 0. The van der Waals surface area contributed by atoms with Crippen molar-refractivity contribution >= 4 is 11.6 Å². The minimum Gasteiger partial charge on any atom is -0.317 e. The average molecular weight is 236 g/mol. The largest absolute Gasteiger partial charge is 0.317 e. The van der Waals surface area contributed by atoms with Crippen LogP contribution in [0.2, 0.25) is 0 Å². The summed E-state index contributed by atoms with van der Waals surface area (Å²) in [5, 5.41) is 4.07. The van der Waals surface area contributed by atoms with Gasteiger partial charge in [-0.1, -0.05) is 19.3 Å². The molecule has 1 saturated carbocycles. The zero-order valence-electron chi connectivity index (χ0n) is 10.5. The maximum absolute atomic E-state index is 12.4. The molecule has 17 heavy (non-hydrogen) atoms. The van der Waals surface area contributed by atoms with E-state index in [4.69, 9.17) is 5.73 Å². The molecule has 2 rings (SSSR count). The number of amides is 1. The Morgan fingerprint density at radius 3 is 2.65 bits per heavy atom. The number of aryl methyl sites for hydroxylation is 1. The SMILES string of the molecule is CN(C(=O)C1(N)CCCCC1)c1cnn(C)c1. The van der Waals surface area contributed by atoms with Crippen LogP contribution in [0.3, 0.4) is 0 Å². The standard InChI is InChI=1S/C12H20N4O/c1-15-9-10(8-14-15)16(2)11(17)12(13)6-4-3-5-7-12/h8-9H,3-7,13H2,1-2H3. The van der Waals surface area contributed by atoms with Crippen LogP contribution < -0.4 is 10.6 Å². The molecule has 0 saturated heterocycles. The van der Waals surface area contributed by atoms with E-state index in [2.05, 4.69) is 5.10 Å². The molecule has 1 fully saturated rings. The molecule has 0 radical (unpaired) electrons. The smallest absolute Gasteiger partial charge is 0.246 e. The number of anilines is 1. The first-order chi connectivity index (χ1) is 8.03. The molecule has 1 aromatic rings. The van der Waals surface area contributed by atoms with Gasteiger partial charge >= 0.3 is 0 Å². The van der Waals surface area contributed by atoms with Crippen LogP contribution in [0.5, 0.6) is 0 Å². The Kier molecular flexibility index (Phi) is 3.19.